The fraction of sp³-hybridized carbons (Fsp3) is 0.600. The van der Waals surface area contributed by atoms with Crippen molar-refractivity contribution in [3.05, 3.63) is 0 Å². The Morgan fingerprint density at radius 1 is 0.882 bits per heavy atom. The average molecular weight is 240 g/mol. The van der Waals surface area contributed by atoms with E-state index in [0.29, 0.717) is 0 Å². The smallest absolute Gasteiger partial charge is 0.412 e. The maximum atomic E-state index is 11.0. The molecule has 0 spiro atoms. The van der Waals surface area contributed by atoms with Crippen LogP contribution in [0.15, 0.2) is 0 Å². The van der Waals surface area contributed by atoms with Gasteiger partial charge in [0.2, 0.25) is 0 Å². The van der Waals surface area contributed by atoms with E-state index in [-0.39, 0.29) is 0 Å². The van der Waals surface area contributed by atoms with Gasteiger partial charge in [0, 0.05) is 0 Å². The Hall–Kier alpha value is -2.28. The van der Waals surface area contributed by atoms with Crippen molar-refractivity contribution in [2.75, 3.05) is 0 Å². The first-order valence-corrected chi connectivity index (χ1v) is 4.58. The molecule has 0 aliphatic heterocycles. The molecular formula is C10H12N2O5. The summed E-state index contributed by atoms with van der Waals surface area (Å²) in [5.41, 5.74) is -2.83. The third-order valence-electron chi connectivity index (χ3n) is 1.38. The van der Waals surface area contributed by atoms with Gasteiger partial charge in [-0.2, -0.15) is 10.5 Å². The van der Waals surface area contributed by atoms with Crippen molar-refractivity contribution in [3.8, 4) is 12.1 Å². The first kappa shape index (κ1) is 14.7. The van der Waals surface area contributed by atoms with Gasteiger partial charge in [0.25, 0.3) is 0 Å². The lowest BCUT2D eigenvalue weighted by Crippen LogP contribution is -2.31. The van der Waals surface area contributed by atoms with Crippen molar-refractivity contribution < 1.29 is 23.8 Å². The van der Waals surface area contributed by atoms with Crippen LogP contribution in [-0.4, -0.2) is 23.5 Å². The topological polar surface area (TPSA) is 109 Å². The van der Waals surface area contributed by atoms with E-state index in [9.17, 15) is 9.59 Å². The highest BCUT2D eigenvalue weighted by Crippen LogP contribution is 2.11. The molecule has 17 heavy (non-hydrogen) atoms. The highest BCUT2D eigenvalue weighted by Gasteiger charge is 2.28. The summed E-state index contributed by atoms with van der Waals surface area (Å²) in [4.78, 5) is 22.0. The zero-order valence-corrected chi connectivity index (χ0v) is 9.94. The molecular weight excluding hydrogens is 228 g/mol. The minimum absolute atomic E-state index is 1.32. The monoisotopic (exact) mass is 240 g/mol. The first-order chi connectivity index (χ1) is 7.62. The van der Waals surface area contributed by atoms with Crippen LogP contribution in [0.4, 0.5) is 9.59 Å². The molecule has 92 valence electrons. The minimum atomic E-state index is -1.41. The Bertz CT molecular complexity index is 362. The van der Waals surface area contributed by atoms with Crippen molar-refractivity contribution in [3.63, 3.8) is 0 Å². The molecule has 0 saturated heterocycles. The van der Waals surface area contributed by atoms with Crippen LogP contribution < -0.4 is 0 Å². The second kappa shape index (κ2) is 5.17. The van der Waals surface area contributed by atoms with E-state index in [1.165, 1.54) is 27.7 Å². The van der Waals surface area contributed by atoms with E-state index >= 15 is 0 Å². The van der Waals surface area contributed by atoms with E-state index in [1.807, 2.05) is 0 Å². The van der Waals surface area contributed by atoms with Gasteiger partial charge in [0.1, 0.15) is 12.1 Å². The molecule has 0 radical (unpaired) electrons. The molecule has 0 saturated carbocycles. The number of ether oxygens (including phenoxy) is 3. The molecule has 0 atom stereocenters. The molecule has 0 unspecified atom stereocenters. The van der Waals surface area contributed by atoms with Gasteiger partial charge < -0.3 is 14.2 Å². The van der Waals surface area contributed by atoms with Gasteiger partial charge in [-0.3, -0.25) is 0 Å². The maximum absolute atomic E-state index is 11.0. The summed E-state index contributed by atoms with van der Waals surface area (Å²) in [5.74, 6) is 0. The molecule has 0 rings (SSSR count). The summed E-state index contributed by atoms with van der Waals surface area (Å²) in [7, 11) is 0. The summed E-state index contributed by atoms with van der Waals surface area (Å²) in [6.45, 7) is 5.27. The Morgan fingerprint density at radius 3 is 1.41 bits per heavy atom. The zero-order chi connectivity index (χ0) is 13.7. The maximum Gasteiger partial charge on any atom is 0.520 e. The van der Waals surface area contributed by atoms with Crippen LogP contribution >= 0.6 is 0 Å². The Kier molecular flexibility index (Phi) is 4.48. The van der Waals surface area contributed by atoms with E-state index in [1.54, 1.807) is 12.1 Å². The molecule has 0 aromatic rings. The second-order valence-electron chi connectivity index (χ2n) is 4.05. The molecule has 7 nitrogen and oxygen atoms in total. The third-order valence-corrected chi connectivity index (χ3v) is 1.38. The normalized spacial score (nSPS) is 10.7. The second-order valence-corrected chi connectivity index (χ2v) is 4.05. The number of hydrogen-bond acceptors (Lipinski definition) is 7. The van der Waals surface area contributed by atoms with Gasteiger partial charge in [-0.05, 0) is 27.7 Å². The zero-order valence-electron chi connectivity index (χ0n) is 9.94. The Labute approximate surface area is 98.5 Å². The van der Waals surface area contributed by atoms with Gasteiger partial charge in [-0.15, -0.1) is 0 Å². The highest BCUT2D eigenvalue weighted by molar-refractivity contribution is 5.77. The van der Waals surface area contributed by atoms with E-state index in [4.69, 9.17) is 10.5 Å². The van der Waals surface area contributed by atoms with Crippen molar-refractivity contribution >= 4 is 12.3 Å². The number of carbonyl (C=O) groups is 2. The van der Waals surface area contributed by atoms with Gasteiger partial charge >= 0.3 is 12.3 Å². The average Bonchev–Trinajstić information content (AvgIpc) is 2.15. The molecule has 0 aliphatic carbocycles. The molecule has 0 fully saturated rings. The molecule has 0 N–H and O–H groups in total. The largest absolute Gasteiger partial charge is 0.520 e. The van der Waals surface area contributed by atoms with Gasteiger partial charge in [-0.1, -0.05) is 0 Å². The molecule has 0 aromatic carbocycles. The molecule has 7 heteroatoms. The van der Waals surface area contributed by atoms with Crippen molar-refractivity contribution in [2.24, 2.45) is 0 Å². The van der Waals surface area contributed by atoms with E-state index < -0.39 is 23.5 Å². The summed E-state index contributed by atoms with van der Waals surface area (Å²) >= 11 is 0. The van der Waals surface area contributed by atoms with Crippen LogP contribution in [0.3, 0.4) is 0 Å². The minimum Gasteiger partial charge on any atom is -0.412 e. The van der Waals surface area contributed by atoms with E-state index in [2.05, 4.69) is 14.2 Å². The predicted octanol–water partition coefficient (Wildman–Crippen LogP) is 1.88. The molecule has 0 heterocycles. The third kappa shape index (κ3) is 6.00. The summed E-state index contributed by atoms with van der Waals surface area (Å²) in [6, 6.07) is 3.35. The molecule has 0 bridgehead atoms. The van der Waals surface area contributed by atoms with Crippen LogP contribution in [0.1, 0.15) is 27.7 Å². The Morgan fingerprint density at radius 2 is 1.18 bits per heavy atom. The number of carbonyl (C=O) groups excluding carboxylic acids is 2. The van der Waals surface area contributed by atoms with Crippen molar-refractivity contribution in [1.29, 1.82) is 10.5 Å². The van der Waals surface area contributed by atoms with Crippen molar-refractivity contribution in [2.45, 2.75) is 38.9 Å². The predicted molar refractivity (Wildman–Crippen MR) is 53.4 cm³/mol. The summed E-state index contributed by atoms with van der Waals surface area (Å²) in [6.07, 6.45) is -2.73. The van der Waals surface area contributed by atoms with Crippen molar-refractivity contribution in [1.82, 2.24) is 0 Å². The van der Waals surface area contributed by atoms with Gasteiger partial charge in [0.05, 0.1) is 0 Å². The molecule has 0 amide bonds. The van der Waals surface area contributed by atoms with Gasteiger partial charge in [0.15, 0.2) is 11.2 Å². The highest BCUT2D eigenvalue weighted by atomic mass is 16.8. The quantitative estimate of drug-likeness (QED) is 0.535. The standard InChI is InChI=1S/C10H12N2O5/c1-9(2,5-11)16-7(13)15-8(14)17-10(3,4)6-12/h1-4H3. The number of hydrogen-bond donors (Lipinski definition) is 0. The fourth-order valence-corrected chi connectivity index (χ4v) is 0.572. The molecule has 0 aliphatic rings. The SMILES string of the molecule is CC(C)(C#N)OC(=O)OC(=O)OC(C)(C)C#N. The number of nitriles is 2. The number of nitrogens with zero attached hydrogens (tertiary/aromatic N) is 2. The van der Waals surface area contributed by atoms with Crippen LogP contribution in [-0.2, 0) is 14.2 Å². The molecule has 0 aromatic heterocycles. The van der Waals surface area contributed by atoms with Crippen LogP contribution in [0, 0.1) is 22.7 Å². The first-order valence-electron chi connectivity index (χ1n) is 4.58. The van der Waals surface area contributed by atoms with Crippen LogP contribution in [0.2, 0.25) is 0 Å². The lowest BCUT2D eigenvalue weighted by Gasteiger charge is -2.17. The van der Waals surface area contributed by atoms with Gasteiger partial charge in [-0.25, -0.2) is 9.59 Å². The van der Waals surface area contributed by atoms with E-state index in [0.717, 1.165) is 0 Å². The number of rotatable bonds is 2. The van der Waals surface area contributed by atoms with Crippen LogP contribution in [0.25, 0.3) is 0 Å². The summed E-state index contributed by atoms with van der Waals surface area (Å²) < 4.78 is 13.1. The summed E-state index contributed by atoms with van der Waals surface area (Å²) in [5, 5.41) is 17.1. The lowest BCUT2D eigenvalue weighted by atomic mass is 10.2. The lowest BCUT2D eigenvalue weighted by molar-refractivity contribution is -0.0132. The fourth-order valence-electron chi connectivity index (χ4n) is 0.572. The Balaban J connectivity index is 4.31. The van der Waals surface area contributed by atoms with Crippen LogP contribution in [0.5, 0.6) is 0 Å².